The molecule has 1 N–H and O–H groups in total. The third-order valence-electron chi connectivity index (χ3n) is 6.84. The third-order valence-corrected chi connectivity index (χ3v) is 6.84. The fourth-order valence-corrected chi connectivity index (χ4v) is 4.63. The van der Waals surface area contributed by atoms with Gasteiger partial charge in [-0.25, -0.2) is 19.6 Å². The van der Waals surface area contributed by atoms with E-state index in [1.54, 1.807) is 36.1 Å². The predicted molar refractivity (Wildman–Crippen MR) is 147 cm³/mol. The number of methoxy groups -OCH3 is 1. The summed E-state index contributed by atoms with van der Waals surface area (Å²) in [6.45, 7) is 1.84. The first-order chi connectivity index (χ1) is 21.3. The number of benzene rings is 1. The Hall–Kier alpha value is -4.67. The summed E-state index contributed by atoms with van der Waals surface area (Å²) in [5, 5.41) is 6.59. The summed E-state index contributed by atoms with van der Waals surface area (Å²) >= 11 is 0. The Bertz CT molecular complexity index is 1670. The molecule has 0 radical (unpaired) electrons. The normalized spacial score (nSPS) is 14.3. The van der Waals surface area contributed by atoms with E-state index >= 15 is 0 Å². The van der Waals surface area contributed by atoms with E-state index in [2.05, 4.69) is 25.4 Å². The molecule has 4 aromatic rings. The molecule has 1 aliphatic heterocycles. The van der Waals surface area contributed by atoms with Gasteiger partial charge in [0, 0.05) is 31.4 Å². The number of alkyl halides is 6. The second-order valence-corrected chi connectivity index (χ2v) is 10.2. The number of aromatic nitrogens is 5. The Labute approximate surface area is 251 Å². The molecule has 0 aliphatic carbocycles. The summed E-state index contributed by atoms with van der Waals surface area (Å²) < 4.78 is 97.5. The monoisotopic (exact) mass is 639 g/mol. The van der Waals surface area contributed by atoms with Crippen LogP contribution >= 0.6 is 0 Å². The van der Waals surface area contributed by atoms with E-state index in [1.807, 2.05) is 0 Å². The number of nitrogens with one attached hydrogen (secondary N) is 1. The van der Waals surface area contributed by atoms with Gasteiger partial charge in [0.05, 0.1) is 49.9 Å². The first-order valence-corrected chi connectivity index (χ1v) is 13.6. The smallest absolute Gasteiger partial charge is 0.423 e. The van der Waals surface area contributed by atoms with E-state index in [0.29, 0.717) is 48.1 Å². The third kappa shape index (κ3) is 7.53. The van der Waals surface area contributed by atoms with E-state index in [9.17, 15) is 31.1 Å². The molecule has 1 aromatic carbocycles. The number of fused-ring (bicyclic) bond motifs is 1. The van der Waals surface area contributed by atoms with Crippen LogP contribution in [-0.2, 0) is 43.2 Å². The molecule has 0 amide bonds. The molecule has 1 aliphatic rings. The van der Waals surface area contributed by atoms with Crippen LogP contribution in [0.5, 0.6) is 5.75 Å². The fourth-order valence-electron chi connectivity index (χ4n) is 4.63. The second kappa shape index (κ2) is 12.7. The Balaban J connectivity index is 1.18. The average Bonchev–Trinajstić information content (AvgIpc) is 3.40. The van der Waals surface area contributed by atoms with Crippen LogP contribution in [-0.4, -0.2) is 51.0 Å². The van der Waals surface area contributed by atoms with Crippen LogP contribution in [0, 0.1) is 0 Å². The van der Waals surface area contributed by atoms with E-state index in [4.69, 9.17) is 13.9 Å². The van der Waals surface area contributed by atoms with E-state index in [0.717, 1.165) is 10.9 Å². The maximum Gasteiger partial charge on any atom is 0.423 e. The fraction of sp³-hybridized carbons (Fsp3) is 0.393. The van der Waals surface area contributed by atoms with Gasteiger partial charge < -0.3 is 24.1 Å². The maximum atomic E-state index is 14.0. The molecule has 0 bridgehead atoms. The van der Waals surface area contributed by atoms with Crippen molar-refractivity contribution in [3.63, 3.8) is 0 Å². The van der Waals surface area contributed by atoms with Gasteiger partial charge in [-0.1, -0.05) is 12.1 Å². The van der Waals surface area contributed by atoms with Crippen molar-refractivity contribution in [1.82, 2.24) is 24.7 Å². The largest absolute Gasteiger partial charge is 0.497 e. The van der Waals surface area contributed by atoms with Crippen LogP contribution in [0.3, 0.4) is 0 Å². The van der Waals surface area contributed by atoms with Crippen LogP contribution < -0.4 is 20.5 Å². The molecule has 0 spiro atoms. The molecule has 11 nitrogen and oxygen atoms in total. The van der Waals surface area contributed by atoms with Gasteiger partial charge in [-0.2, -0.15) is 31.4 Å². The van der Waals surface area contributed by atoms with Gasteiger partial charge in [-0.3, -0.25) is 4.79 Å². The number of ether oxygens (including phenoxy) is 2. The zero-order chi connectivity index (χ0) is 32.4. The minimum atomic E-state index is -4.94. The van der Waals surface area contributed by atoms with Gasteiger partial charge in [0.2, 0.25) is 11.8 Å². The molecule has 1 atom stereocenters. The molecular weight excluding hydrogens is 612 g/mol. The van der Waals surface area contributed by atoms with Gasteiger partial charge in [0.25, 0.3) is 5.56 Å². The van der Waals surface area contributed by atoms with Crippen molar-refractivity contribution >= 4 is 11.6 Å². The zero-order valence-electron chi connectivity index (χ0n) is 23.9. The number of hydrogen-bond donors (Lipinski definition) is 1. The van der Waals surface area contributed by atoms with Crippen molar-refractivity contribution in [2.75, 3.05) is 30.5 Å². The van der Waals surface area contributed by atoms with Crippen molar-refractivity contribution in [2.45, 2.75) is 51.4 Å². The summed E-state index contributed by atoms with van der Waals surface area (Å²) in [4.78, 5) is 26.5. The highest BCUT2D eigenvalue weighted by atomic mass is 19.4. The lowest BCUT2D eigenvalue weighted by Crippen LogP contribution is -2.34. The van der Waals surface area contributed by atoms with Crippen molar-refractivity contribution in [3.05, 3.63) is 87.2 Å². The van der Waals surface area contributed by atoms with E-state index in [-0.39, 0.29) is 38.1 Å². The Morgan fingerprint density at radius 2 is 1.76 bits per heavy atom. The topological polar surface area (TPSA) is 120 Å². The summed E-state index contributed by atoms with van der Waals surface area (Å²) in [5.74, 6) is 1.38. The van der Waals surface area contributed by atoms with Gasteiger partial charge in [-0.05, 0) is 24.6 Å². The molecule has 0 unspecified atom stereocenters. The summed E-state index contributed by atoms with van der Waals surface area (Å²) in [5.41, 5.74) is -2.88. The molecule has 3 aromatic heterocycles. The zero-order valence-corrected chi connectivity index (χ0v) is 23.9. The lowest BCUT2D eigenvalue weighted by Gasteiger charge is -2.25. The van der Waals surface area contributed by atoms with Crippen molar-refractivity contribution in [3.8, 4) is 5.75 Å². The minimum absolute atomic E-state index is 0.0647. The van der Waals surface area contributed by atoms with Crippen molar-refractivity contribution in [2.24, 2.45) is 0 Å². The van der Waals surface area contributed by atoms with Crippen LogP contribution in [0.4, 0.5) is 38.0 Å². The van der Waals surface area contributed by atoms with E-state index < -0.39 is 40.8 Å². The first kappa shape index (κ1) is 31.7. The minimum Gasteiger partial charge on any atom is -0.497 e. The first-order valence-electron chi connectivity index (χ1n) is 13.6. The van der Waals surface area contributed by atoms with Crippen LogP contribution in [0.15, 0.2) is 52.1 Å². The molecule has 0 fully saturated rings. The van der Waals surface area contributed by atoms with Gasteiger partial charge in [0.1, 0.15) is 23.7 Å². The van der Waals surface area contributed by atoms with Crippen LogP contribution in [0.25, 0.3) is 0 Å². The standard InChI is InChI=1S/C28H27F6N7O4/c1-16(38-21-11-37-41(25(42)24(21)28(32,33)34)12-17-3-5-19(43-2)6-4-17)14-44-15-23-39-20-7-8-40(13-22(20)45-23)26-35-9-18(10-36-26)27(29,30)31/h3-6,9-11,16,38H,7-8,12-15H2,1-2H3/t16-/m0/s1. The number of hydrogen-bond acceptors (Lipinski definition) is 10. The Morgan fingerprint density at radius 3 is 2.40 bits per heavy atom. The number of halogens is 6. The molecule has 17 heteroatoms. The maximum absolute atomic E-state index is 14.0. The number of oxazole rings is 1. The molecule has 240 valence electrons. The summed E-state index contributed by atoms with van der Waals surface area (Å²) in [6, 6.07) is 5.84. The molecule has 0 saturated carbocycles. The van der Waals surface area contributed by atoms with Crippen LogP contribution in [0.1, 0.15) is 41.0 Å². The molecule has 0 saturated heterocycles. The van der Waals surface area contributed by atoms with Crippen molar-refractivity contribution in [1.29, 1.82) is 0 Å². The van der Waals surface area contributed by atoms with Crippen LogP contribution in [0.2, 0.25) is 0 Å². The van der Waals surface area contributed by atoms with Crippen molar-refractivity contribution < 1.29 is 40.2 Å². The highest BCUT2D eigenvalue weighted by Gasteiger charge is 2.38. The quantitative estimate of drug-likeness (QED) is 0.245. The van der Waals surface area contributed by atoms with E-state index in [1.165, 1.54) is 7.11 Å². The summed E-state index contributed by atoms with van der Waals surface area (Å²) in [7, 11) is 1.48. The highest BCUT2D eigenvalue weighted by molar-refractivity contribution is 5.50. The summed E-state index contributed by atoms with van der Waals surface area (Å²) in [6.07, 6.45) is -6.67. The average molecular weight is 640 g/mol. The Kier molecular flexibility index (Phi) is 8.99. The highest BCUT2D eigenvalue weighted by Crippen LogP contribution is 2.32. The van der Waals surface area contributed by atoms with Gasteiger partial charge >= 0.3 is 12.4 Å². The lowest BCUT2D eigenvalue weighted by molar-refractivity contribution is -0.139. The molecule has 4 heterocycles. The number of anilines is 2. The van der Waals surface area contributed by atoms with Gasteiger partial charge in [-0.15, -0.1) is 0 Å². The predicted octanol–water partition coefficient (Wildman–Crippen LogP) is 4.70. The molecular formula is C28H27F6N7O4. The van der Waals surface area contributed by atoms with Gasteiger partial charge in [0.15, 0.2) is 0 Å². The molecule has 45 heavy (non-hydrogen) atoms. The SMILES string of the molecule is COc1ccc(Cn2ncc(N[C@@H](C)COCc3nc4c(o3)CN(c3ncc(C(F)(F)F)cn3)CC4)c(C(F)(F)F)c2=O)cc1. The second-order valence-electron chi connectivity index (χ2n) is 10.2. The Morgan fingerprint density at radius 1 is 1.04 bits per heavy atom. The molecule has 5 rings (SSSR count). The number of rotatable bonds is 10. The number of nitrogens with zero attached hydrogens (tertiary/aromatic N) is 6. The lowest BCUT2D eigenvalue weighted by atomic mass is 10.2.